The largest absolute Gasteiger partial charge is 0.477 e. The van der Waals surface area contributed by atoms with Crippen LogP contribution in [-0.4, -0.2) is 30.6 Å². The number of carboxylic acid groups (broad SMARTS) is 1. The molecule has 7 nitrogen and oxygen atoms in total. The summed E-state index contributed by atoms with van der Waals surface area (Å²) in [5, 5.41) is 10.5. The summed E-state index contributed by atoms with van der Waals surface area (Å²) in [4.78, 5) is 36.9. The van der Waals surface area contributed by atoms with Crippen molar-refractivity contribution in [2.75, 3.05) is 0 Å². The summed E-state index contributed by atoms with van der Waals surface area (Å²) in [5.41, 5.74) is 5.76. The van der Waals surface area contributed by atoms with Crippen LogP contribution in [-0.2, 0) is 13.0 Å². The number of benzene rings is 2. The summed E-state index contributed by atoms with van der Waals surface area (Å²) in [6.45, 7) is 6.79. The van der Waals surface area contributed by atoms with Gasteiger partial charge in [0, 0.05) is 28.6 Å². The Kier molecular flexibility index (Phi) is 5.68. The zero-order valence-corrected chi connectivity index (χ0v) is 19.9. The lowest BCUT2D eigenvalue weighted by molar-refractivity contribution is 0.0696. The Morgan fingerprint density at radius 1 is 1.06 bits per heavy atom. The molecule has 0 aliphatic heterocycles. The molecular weight excluding hydrogens is 440 g/mol. The van der Waals surface area contributed by atoms with Crippen LogP contribution in [0.25, 0.3) is 33.2 Å². The molecule has 0 radical (unpaired) electrons. The lowest BCUT2D eigenvalue weighted by atomic mass is 9.95. The number of fused-ring (bicyclic) bond motifs is 2. The Morgan fingerprint density at radius 2 is 1.80 bits per heavy atom. The summed E-state index contributed by atoms with van der Waals surface area (Å²) in [5.74, 6) is -0.247. The van der Waals surface area contributed by atoms with E-state index in [-0.39, 0.29) is 5.56 Å². The maximum absolute atomic E-state index is 12.6. The van der Waals surface area contributed by atoms with Crippen LogP contribution in [0.5, 0.6) is 0 Å². The predicted molar refractivity (Wildman–Crippen MR) is 137 cm³/mol. The minimum Gasteiger partial charge on any atom is -0.477 e. The molecule has 3 heterocycles. The molecule has 0 saturated carbocycles. The Labute approximate surface area is 202 Å². The Hall–Kier alpha value is -4.26. The van der Waals surface area contributed by atoms with Crippen molar-refractivity contribution >= 4 is 28.0 Å². The molecule has 0 saturated heterocycles. The Bertz CT molecular complexity index is 1650. The highest BCUT2D eigenvalue weighted by Crippen LogP contribution is 2.30. The van der Waals surface area contributed by atoms with Crippen molar-refractivity contribution in [3.05, 3.63) is 93.2 Å². The molecule has 35 heavy (non-hydrogen) atoms. The predicted octanol–water partition coefficient (Wildman–Crippen LogP) is 5.26. The van der Waals surface area contributed by atoms with Gasteiger partial charge in [0.2, 0.25) is 0 Å². The molecule has 2 N–H and O–H groups in total. The molecule has 5 rings (SSSR count). The molecule has 0 aliphatic carbocycles. The number of pyridine rings is 2. The topological polar surface area (TPSA) is 101 Å². The molecule has 176 valence electrons. The fourth-order valence-corrected chi connectivity index (χ4v) is 4.74. The van der Waals surface area contributed by atoms with Crippen molar-refractivity contribution in [1.29, 1.82) is 0 Å². The minimum absolute atomic E-state index is 0.252. The van der Waals surface area contributed by atoms with E-state index in [4.69, 9.17) is 9.97 Å². The van der Waals surface area contributed by atoms with Gasteiger partial charge in [0.25, 0.3) is 5.56 Å². The fourth-order valence-electron chi connectivity index (χ4n) is 4.74. The van der Waals surface area contributed by atoms with Crippen molar-refractivity contribution in [3.8, 4) is 11.1 Å². The van der Waals surface area contributed by atoms with Gasteiger partial charge >= 0.3 is 5.97 Å². The van der Waals surface area contributed by atoms with Crippen LogP contribution in [0, 0.1) is 13.8 Å². The molecule has 7 heteroatoms. The van der Waals surface area contributed by atoms with Gasteiger partial charge in [-0.05, 0) is 49.1 Å². The van der Waals surface area contributed by atoms with Gasteiger partial charge in [0.1, 0.15) is 16.9 Å². The van der Waals surface area contributed by atoms with E-state index in [9.17, 15) is 14.7 Å². The molecule has 0 bridgehead atoms. The van der Waals surface area contributed by atoms with E-state index < -0.39 is 11.5 Å². The average molecular weight is 467 g/mol. The van der Waals surface area contributed by atoms with Gasteiger partial charge in [-0.2, -0.15) is 0 Å². The molecule has 0 amide bonds. The standard InChI is InChI=1S/C28H26N4O3/c1-4-7-22-31-25-16(2)14-17(3)29-26(25)32(22)15-18-10-12-19(13-11-18)23-20-8-5-6-9-21(20)30-27(33)24(23)28(34)35/h5-6,8-14H,4,7,15H2,1-3H3,(H,30,33)(H,34,35). The van der Waals surface area contributed by atoms with Gasteiger partial charge in [-0.3, -0.25) is 4.79 Å². The number of H-pyrrole nitrogens is 1. The molecule has 3 aromatic heterocycles. The minimum atomic E-state index is -1.25. The zero-order chi connectivity index (χ0) is 24.7. The molecule has 2 aromatic carbocycles. The summed E-state index contributed by atoms with van der Waals surface area (Å²) < 4.78 is 2.17. The number of rotatable bonds is 6. The number of nitrogens with one attached hydrogen (secondary N) is 1. The van der Waals surface area contributed by atoms with E-state index in [2.05, 4.69) is 29.5 Å². The van der Waals surface area contributed by atoms with Crippen molar-refractivity contribution < 1.29 is 9.90 Å². The number of nitrogens with zero attached hydrogens (tertiary/aromatic N) is 3. The number of imidazole rings is 1. The van der Waals surface area contributed by atoms with Crippen LogP contribution in [0.3, 0.4) is 0 Å². The number of carboxylic acids is 1. The summed E-state index contributed by atoms with van der Waals surface area (Å²) in [6, 6.07) is 17.0. The maximum Gasteiger partial charge on any atom is 0.342 e. The third kappa shape index (κ3) is 3.99. The second kappa shape index (κ2) is 8.83. The second-order valence-corrected chi connectivity index (χ2v) is 8.87. The van der Waals surface area contributed by atoms with Gasteiger partial charge in [-0.25, -0.2) is 14.8 Å². The number of para-hydroxylation sites is 1. The van der Waals surface area contributed by atoms with Gasteiger partial charge in [0.05, 0.1) is 6.54 Å². The van der Waals surface area contributed by atoms with Crippen molar-refractivity contribution in [2.45, 2.75) is 40.2 Å². The number of aromatic nitrogens is 4. The number of aryl methyl sites for hydroxylation is 3. The maximum atomic E-state index is 12.6. The summed E-state index contributed by atoms with van der Waals surface area (Å²) >= 11 is 0. The van der Waals surface area contributed by atoms with Crippen LogP contribution in [0.4, 0.5) is 0 Å². The van der Waals surface area contributed by atoms with Crippen molar-refractivity contribution in [2.24, 2.45) is 0 Å². The highest BCUT2D eigenvalue weighted by Gasteiger charge is 2.20. The van der Waals surface area contributed by atoms with Gasteiger partial charge in [-0.1, -0.05) is 49.4 Å². The van der Waals surface area contributed by atoms with E-state index in [1.54, 1.807) is 6.07 Å². The number of hydrogen-bond donors (Lipinski definition) is 2. The average Bonchev–Trinajstić information content (AvgIpc) is 3.16. The molecule has 0 spiro atoms. The third-order valence-electron chi connectivity index (χ3n) is 6.29. The number of aromatic carboxylic acids is 1. The summed E-state index contributed by atoms with van der Waals surface area (Å²) in [7, 11) is 0. The molecule has 0 atom stereocenters. The van der Waals surface area contributed by atoms with Crippen LogP contribution in [0.1, 0.15) is 46.3 Å². The van der Waals surface area contributed by atoms with Crippen LogP contribution in [0.15, 0.2) is 59.4 Å². The highest BCUT2D eigenvalue weighted by atomic mass is 16.4. The molecular formula is C28H26N4O3. The first kappa shape index (κ1) is 22.5. The molecule has 0 aliphatic rings. The van der Waals surface area contributed by atoms with E-state index in [0.29, 0.717) is 28.6 Å². The van der Waals surface area contributed by atoms with Crippen molar-refractivity contribution in [1.82, 2.24) is 19.5 Å². The normalized spacial score (nSPS) is 11.4. The first-order valence-electron chi connectivity index (χ1n) is 11.7. The van der Waals surface area contributed by atoms with Gasteiger partial charge in [-0.15, -0.1) is 0 Å². The lowest BCUT2D eigenvalue weighted by Crippen LogP contribution is -2.19. The smallest absolute Gasteiger partial charge is 0.342 e. The number of carbonyl (C=O) groups is 1. The van der Waals surface area contributed by atoms with Gasteiger partial charge < -0.3 is 14.7 Å². The number of hydrogen-bond acceptors (Lipinski definition) is 4. The number of aromatic amines is 1. The lowest BCUT2D eigenvalue weighted by Gasteiger charge is -2.12. The van der Waals surface area contributed by atoms with E-state index in [0.717, 1.165) is 46.7 Å². The monoisotopic (exact) mass is 466 g/mol. The summed E-state index contributed by atoms with van der Waals surface area (Å²) in [6.07, 6.45) is 1.83. The zero-order valence-electron chi connectivity index (χ0n) is 19.9. The Balaban J connectivity index is 1.60. The van der Waals surface area contributed by atoms with Crippen molar-refractivity contribution in [3.63, 3.8) is 0 Å². The molecule has 5 aromatic rings. The van der Waals surface area contributed by atoms with Crippen LogP contribution >= 0.6 is 0 Å². The van der Waals surface area contributed by atoms with Crippen LogP contribution < -0.4 is 5.56 Å². The van der Waals surface area contributed by atoms with E-state index in [1.165, 1.54) is 0 Å². The third-order valence-corrected chi connectivity index (χ3v) is 6.29. The molecule has 0 unspecified atom stereocenters. The van der Waals surface area contributed by atoms with E-state index in [1.807, 2.05) is 49.4 Å². The van der Waals surface area contributed by atoms with E-state index >= 15 is 0 Å². The van der Waals surface area contributed by atoms with Crippen LogP contribution in [0.2, 0.25) is 0 Å². The Morgan fingerprint density at radius 3 is 2.51 bits per heavy atom. The highest BCUT2D eigenvalue weighted by molar-refractivity contribution is 6.06. The SMILES string of the molecule is CCCc1nc2c(C)cc(C)nc2n1Cc1ccc(-c2c(C(=O)O)c(=O)[nH]c3ccccc23)cc1. The van der Waals surface area contributed by atoms with Gasteiger partial charge in [0.15, 0.2) is 5.65 Å². The quantitative estimate of drug-likeness (QED) is 0.356. The first-order valence-corrected chi connectivity index (χ1v) is 11.7. The second-order valence-electron chi connectivity index (χ2n) is 8.87. The fraction of sp³-hybridized carbons (Fsp3) is 0.214. The first-order chi connectivity index (χ1) is 16.9. The molecule has 0 fully saturated rings.